The molecule has 0 spiro atoms. The van der Waals surface area contributed by atoms with E-state index in [0.29, 0.717) is 0 Å². The fraction of sp³-hybridized carbons (Fsp3) is 1.00. The minimum atomic E-state index is -3.22. The van der Waals surface area contributed by atoms with Crippen LogP contribution in [0.5, 0.6) is 0 Å². The van der Waals surface area contributed by atoms with E-state index in [2.05, 4.69) is 0 Å². The maximum absolute atomic E-state index is 11.7. The number of hydrogen-bond acceptors (Lipinski definition) is 2. The molecular weight excluding hydrogens is 246 g/mol. The van der Waals surface area contributed by atoms with Gasteiger partial charge in [-0.15, -0.1) is 0 Å². The highest BCUT2D eigenvalue weighted by atomic mass is 31.2. The Hall–Kier alpha value is 0.380. The second kappa shape index (κ2) is 6.35. The molecule has 0 amide bonds. The molecule has 0 rings (SSSR count). The van der Waals surface area contributed by atoms with Crippen molar-refractivity contribution < 1.29 is 18.9 Å². The smallest absolute Gasteiger partial charge is 0.201 e. The van der Waals surface area contributed by atoms with E-state index in [9.17, 15) is 18.9 Å². The van der Waals surface area contributed by atoms with Crippen LogP contribution in [0.25, 0.3) is 0 Å². The van der Waals surface area contributed by atoms with Gasteiger partial charge < -0.3 is 9.79 Å². The second-order valence-corrected chi connectivity index (χ2v) is 10.3. The molecule has 2 unspecified atom stereocenters. The van der Waals surface area contributed by atoms with Crippen LogP contribution in [0.2, 0.25) is 0 Å². The van der Waals surface area contributed by atoms with Gasteiger partial charge in [-0.2, -0.15) is 0 Å². The van der Waals surface area contributed by atoms with Crippen molar-refractivity contribution in [1.29, 1.82) is 0 Å². The zero-order chi connectivity index (χ0) is 13.0. The number of hydrogen-bond donors (Lipinski definition) is 2. The lowest BCUT2D eigenvalue weighted by atomic mass is 10.3. The fourth-order valence-corrected chi connectivity index (χ4v) is 6.78. The molecule has 0 aromatic rings. The lowest BCUT2D eigenvalue weighted by Gasteiger charge is -2.17. The topological polar surface area (TPSA) is 74.6 Å². The van der Waals surface area contributed by atoms with E-state index in [1.54, 1.807) is 0 Å². The first-order valence-corrected chi connectivity index (χ1v) is 9.72. The van der Waals surface area contributed by atoms with Crippen molar-refractivity contribution in [1.82, 2.24) is 0 Å². The Bertz CT molecular complexity index is 269. The molecule has 0 saturated heterocycles. The molecule has 0 aromatic heterocycles. The van der Waals surface area contributed by atoms with Crippen LogP contribution in [-0.2, 0) is 9.13 Å². The fourth-order valence-electron chi connectivity index (χ4n) is 1.64. The molecule has 2 atom stereocenters. The van der Waals surface area contributed by atoms with Gasteiger partial charge >= 0.3 is 0 Å². The summed E-state index contributed by atoms with van der Waals surface area (Å²) in [6, 6.07) is 0. The van der Waals surface area contributed by atoms with Crippen LogP contribution in [0.1, 0.15) is 27.7 Å². The molecule has 0 radical (unpaired) electrons. The van der Waals surface area contributed by atoms with Gasteiger partial charge in [0.2, 0.25) is 14.7 Å². The summed E-state index contributed by atoms with van der Waals surface area (Å²) in [6.45, 7) is 7.48. The SMILES string of the molecule is CC(C)CP(=O)(O)CCP(=O)(O)CC(C)C. The molecule has 4 nitrogen and oxygen atoms in total. The lowest BCUT2D eigenvalue weighted by Crippen LogP contribution is -2.08. The van der Waals surface area contributed by atoms with Crippen molar-refractivity contribution in [2.24, 2.45) is 11.8 Å². The molecule has 0 fully saturated rings. The highest BCUT2D eigenvalue weighted by Crippen LogP contribution is 2.49. The van der Waals surface area contributed by atoms with E-state index in [1.807, 2.05) is 27.7 Å². The van der Waals surface area contributed by atoms with Crippen LogP contribution in [0.3, 0.4) is 0 Å². The van der Waals surface area contributed by atoms with Gasteiger partial charge in [0.25, 0.3) is 0 Å². The van der Waals surface area contributed by atoms with Crippen LogP contribution in [-0.4, -0.2) is 34.4 Å². The molecule has 0 saturated carbocycles. The molecule has 0 aliphatic carbocycles. The zero-order valence-corrected chi connectivity index (χ0v) is 12.4. The van der Waals surface area contributed by atoms with Crippen LogP contribution in [0, 0.1) is 11.8 Å². The molecule has 6 heteroatoms. The van der Waals surface area contributed by atoms with Crippen molar-refractivity contribution in [3.63, 3.8) is 0 Å². The molecular formula is C10H24O4P2. The van der Waals surface area contributed by atoms with Gasteiger partial charge in [0.05, 0.1) is 0 Å². The summed E-state index contributed by atoms with van der Waals surface area (Å²) in [7, 11) is -6.44. The third-order valence-corrected chi connectivity index (χ3v) is 6.90. The number of rotatable bonds is 7. The first kappa shape index (κ1) is 16.4. The van der Waals surface area contributed by atoms with Gasteiger partial charge in [0, 0.05) is 24.6 Å². The van der Waals surface area contributed by atoms with Gasteiger partial charge in [-0.1, -0.05) is 27.7 Å². The molecule has 0 aliphatic rings. The highest BCUT2D eigenvalue weighted by Gasteiger charge is 2.26. The van der Waals surface area contributed by atoms with Crippen LogP contribution in [0.15, 0.2) is 0 Å². The van der Waals surface area contributed by atoms with Gasteiger partial charge in [-0.3, -0.25) is 9.13 Å². The maximum atomic E-state index is 11.7. The van der Waals surface area contributed by atoms with E-state index in [1.165, 1.54) is 0 Å². The lowest BCUT2D eigenvalue weighted by molar-refractivity contribution is 0.458. The quantitative estimate of drug-likeness (QED) is 0.697. The predicted octanol–water partition coefficient (Wildman–Crippen LogP) is 2.84. The largest absolute Gasteiger partial charge is 0.344 e. The predicted molar refractivity (Wildman–Crippen MR) is 68.8 cm³/mol. The van der Waals surface area contributed by atoms with Crippen molar-refractivity contribution in [3.8, 4) is 0 Å². The standard InChI is InChI=1S/C10H24O4P2/c1-9(2)7-15(11,12)5-6-16(13,14)8-10(3)4/h9-10H,5-8H2,1-4H3,(H,11,12)(H,13,14). The Balaban J connectivity index is 4.23. The molecule has 98 valence electrons. The Morgan fingerprint density at radius 2 is 1.06 bits per heavy atom. The monoisotopic (exact) mass is 270 g/mol. The zero-order valence-electron chi connectivity index (χ0n) is 10.6. The van der Waals surface area contributed by atoms with E-state index in [-0.39, 0.29) is 36.5 Å². The minimum absolute atomic E-state index is 0.0360. The summed E-state index contributed by atoms with van der Waals surface area (Å²) in [5, 5.41) is 0. The Morgan fingerprint density at radius 1 is 0.812 bits per heavy atom. The molecule has 0 aromatic carbocycles. The van der Waals surface area contributed by atoms with Gasteiger partial charge in [0.1, 0.15) is 0 Å². The summed E-state index contributed by atoms with van der Waals surface area (Å²) in [5.74, 6) is 0.276. The average molecular weight is 270 g/mol. The van der Waals surface area contributed by atoms with Crippen molar-refractivity contribution >= 4 is 14.7 Å². The normalized spacial score (nSPS) is 19.8. The summed E-state index contributed by atoms with van der Waals surface area (Å²) < 4.78 is 23.4. The second-order valence-electron chi connectivity index (χ2n) is 5.29. The summed E-state index contributed by atoms with van der Waals surface area (Å²) >= 11 is 0. The van der Waals surface area contributed by atoms with Crippen molar-refractivity contribution in [2.75, 3.05) is 24.6 Å². The van der Waals surface area contributed by atoms with Gasteiger partial charge in [0.15, 0.2) is 0 Å². The third kappa shape index (κ3) is 8.52. The average Bonchev–Trinajstić information content (AvgIpc) is 1.96. The van der Waals surface area contributed by atoms with E-state index < -0.39 is 14.7 Å². The van der Waals surface area contributed by atoms with E-state index in [0.717, 1.165) is 0 Å². The highest BCUT2D eigenvalue weighted by molar-refractivity contribution is 7.62. The molecule has 0 aliphatic heterocycles. The van der Waals surface area contributed by atoms with E-state index in [4.69, 9.17) is 0 Å². The maximum Gasteiger partial charge on any atom is 0.201 e. The van der Waals surface area contributed by atoms with Crippen LogP contribution >= 0.6 is 14.7 Å². The Labute approximate surface area is 98.4 Å². The Kier molecular flexibility index (Phi) is 6.50. The molecule has 16 heavy (non-hydrogen) atoms. The summed E-state index contributed by atoms with van der Waals surface area (Å²) in [4.78, 5) is 19.2. The minimum Gasteiger partial charge on any atom is -0.344 e. The summed E-state index contributed by atoms with van der Waals surface area (Å²) in [6.07, 6.45) is 0.390. The molecule has 0 heterocycles. The molecule has 2 N–H and O–H groups in total. The van der Waals surface area contributed by atoms with Crippen LogP contribution < -0.4 is 0 Å². The third-order valence-electron chi connectivity index (χ3n) is 2.10. The summed E-state index contributed by atoms with van der Waals surface area (Å²) in [5.41, 5.74) is 0. The van der Waals surface area contributed by atoms with Gasteiger partial charge in [-0.05, 0) is 11.8 Å². The first-order valence-electron chi connectivity index (χ1n) is 5.66. The molecule has 0 bridgehead atoms. The van der Waals surface area contributed by atoms with Crippen LogP contribution in [0.4, 0.5) is 0 Å². The first-order chi connectivity index (χ1) is 7.04. The van der Waals surface area contributed by atoms with Crippen molar-refractivity contribution in [2.45, 2.75) is 27.7 Å². The van der Waals surface area contributed by atoms with Crippen molar-refractivity contribution in [3.05, 3.63) is 0 Å². The van der Waals surface area contributed by atoms with Gasteiger partial charge in [-0.25, -0.2) is 0 Å². The van der Waals surface area contributed by atoms with E-state index >= 15 is 0 Å². The Morgan fingerprint density at radius 3 is 1.25 bits per heavy atom.